The van der Waals surface area contributed by atoms with E-state index >= 15 is 0 Å². The lowest BCUT2D eigenvalue weighted by Gasteiger charge is -2.06. The molecule has 0 saturated carbocycles. The van der Waals surface area contributed by atoms with Crippen molar-refractivity contribution in [3.63, 3.8) is 0 Å². The molecule has 130 valence electrons. The first-order valence-corrected chi connectivity index (χ1v) is 8.34. The molecule has 1 N–H and O–H groups in total. The molecule has 2 aromatic carbocycles. The van der Waals surface area contributed by atoms with Crippen molar-refractivity contribution in [3.8, 4) is 22.9 Å². The summed E-state index contributed by atoms with van der Waals surface area (Å²) in [4.78, 5) is 21.0. The van der Waals surface area contributed by atoms with Crippen LogP contribution in [0.5, 0.6) is 11.5 Å². The fourth-order valence-electron chi connectivity index (χ4n) is 2.68. The van der Waals surface area contributed by atoms with Gasteiger partial charge < -0.3 is 14.8 Å². The quantitative estimate of drug-likeness (QED) is 0.768. The highest BCUT2D eigenvalue weighted by molar-refractivity contribution is 5.94. The Morgan fingerprint density at radius 2 is 1.77 bits per heavy atom. The monoisotopic (exact) mass is 347 g/mol. The molecular weight excluding hydrogens is 330 g/mol. The SMILES string of the molecule is O=C(NCCc1cnc(-c2ccccc2)nc1)c1ccc2c(c1)OCO2. The van der Waals surface area contributed by atoms with Gasteiger partial charge in [0.15, 0.2) is 17.3 Å². The Hall–Kier alpha value is -3.41. The standard InChI is InChI=1S/C20H17N3O3/c24-20(16-6-7-17-18(10-16)26-13-25-17)21-9-8-14-11-22-19(23-12-14)15-4-2-1-3-5-15/h1-7,10-12H,8-9,13H2,(H,21,24). The van der Waals surface area contributed by atoms with Gasteiger partial charge in [-0.25, -0.2) is 9.97 Å². The van der Waals surface area contributed by atoms with Gasteiger partial charge in [0.25, 0.3) is 5.91 Å². The third-order valence-corrected chi connectivity index (χ3v) is 4.07. The molecule has 0 bridgehead atoms. The number of hydrogen-bond donors (Lipinski definition) is 1. The second-order valence-electron chi connectivity index (χ2n) is 5.85. The summed E-state index contributed by atoms with van der Waals surface area (Å²) >= 11 is 0. The fourth-order valence-corrected chi connectivity index (χ4v) is 2.68. The van der Waals surface area contributed by atoms with Gasteiger partial charge in [-0.15, -0.1) is 0 Å². The van der Waals surface area contributed by atoms with E-state index in [2.05, 4.69) is 15.3 Å². The number of amides is 1. The van der Waals surface area contributed by atoms with Crippen LogP contribution in [-0.2, 0) is 6.42 Å². The number of fused-ring (bicyclic) bond motifs is 1. The van der Waals surface area contributed by atoms with Crippen molar-refractivity contribution >= 4 is 5.91 Å². The van der Waals surface area contributed by atoms with E-state index in [0.29, 0.717) is 35.9 Å². The van der Waals surface area contributed by atoms with Crippen molar-refractivity contribution in [2.24, 2.45) is 0 Å². The normalized spacial score (nSPS) is 12.0. The Bertz CT molecular complexity index is 911. The molecular formula is C20H17N3O3. The molecule has 6 nitrogen and oxygen atoms in total. The molecule has 0 aliphatic carbocycles. The summed E-state index contributed by atoms with van der Waals surface area (Å²) in [5.74, 6) is 1.81. The lowest BCUT2D eigenvalue weighted by Crippen LogP contribution is -2.25. The highest BCUT2D eigenvalue weighted by Crippen LogP contribution is 2.32. The van der Waals surface area contributed by atoms with Gasteiger partial charge in [0, 0.05) is 30.1 Å². The molecule has 1 aliphatic rings. The zero-order valence-electron chi connectivity index (χ0n) is 14.0. The molecule has 0 unspecified atom stereocenters. The van der Waals surface area contributed by atoms with Crippen LogP contribution < -0.4 is 14.8 Å². The van der Waals surface area contributed by atoms with E-state index in [1.807, 2.05) is 30.3 Å². The van der Waals surface area contributed by atoms with E-state index in [-0.39, 0.29) is 12.7 Å². The molecule has 1 amide bonds. The number of nitrogens with zero attached hydrogens (tertiary/aromatic N) is 2. The van der Waals surface area contributed by atoms with Crippen LogP contribution in [0, 0.1) is 0 Å². The highest BCUT2D eigenvalue weighted by Gasteiger charge is 2.15. The first kappa shape index (κ1) is 16.1. The summed E-state index contributed by atoms with van der Waals surface area (Å²) in [7, 11) is 0. The van der Waals surface area contributed by atoms with Gasteiger partial charge in [0.05, 0.1) is 0 Å². The molecule has 1 aromatic heterocycles. The van der Waals surface area contributed by atoms with Crippen molar-refractivity contribution in [2.75, 3.05) is 13.3 Å². The van der Waals surface area contributed by atoms with Gasteiger partial charge in [-0.05, 0) is 30.2 Å². The topological polar surface area (TPSA) is 73.3 Å². The van der Waals surface area contributed by atoms with Crippen LogP contribution in [-0.4, -0.2) is 29.2 Å². The number of ether oxygens (including phenoxy) is 2. The molecule has 0 spiro atoms. The number of hydrogen-bond acceptors (Lipinski definition) is 5. The van der Waals surface area contributed by atoms with Crippen LogP contribution in [0.3, 0.4) is 0 Å². The van der Waals surface area contributed by atoms with Gasteiger partial charge in [0.2, 0.25) is 6.79 Å². The highest BCUT2D eigenvalue weighted by atomic mass is 16.7. The number of carbonyl (C=O) groups is 1. The zero-order valence-corrected chi connectivity index (χ0v) is 14.0. The lowest BCUT2D eigenvalue weighted by atomic mass is 10.1. The summed E-state index contributed by atoms with van der Waals surface area (Å²) in [6.07, 6.45) is 4.25. The number of carbonyl (C=O) groups excluding carboxylic acids is 1. The average molecular weight is 347 g/mol. The summed E-state index contributed by atoms with van der Waals surface area (Å²) in [5, 5.41) is 2.89. The van der Waals surface area contributed by atoms with Gasteiger partial charge >= 0.3 is 0 Å². The number of aromatic nitrogens is 2. The maximum Gasteiger partial charge on any atom is 0.251 e. The summed E-state index contributed by atoms with van der Waals surface area (Å²) in [6.45, 7) is 0.695. The van der Waals surface area contributed by atoms with Crippen LogP contribution in [0.15, 0.2) is 60.9 Å². The second kappa shape index (κ2) is 7.23. The van der Waals surface area contributed by atoms with Crippen LogP contribution >= 0.6 is 0 Å². The molecule has 6 heteroatoms. The van der Waals surface area contributed by atoms with Crippen LogP contribution in [0.25, 0.3) is 11.4 Å². The largest absolute Gasteiger partial charge is 0.454 e. The minimum absolute atomic E-state index is 0.148. The van der Waals surface area contributed by atoms with E-state index in [0.717, 1.165) is 11.1 Å². The predicted octanol–water partition coefficient (Wildman–Crippen LogP) is 2.84. The average Bonchev–Trinajstić information content (AvgIpc) is 3.17. The molecule has 0 radical (unpaired) electrons. The summed E-state index contributed by atoms with van der Waals surface area (Å²) < 4.78 is 10.5. The van der Waals surface area contributed by atoms with E-state index in [4.69, 9.17) is 9.47 Å². The van der Waals surface area contributed by atoms with E-state index in [1.165, 1.54) is 0 Å². The summed E-state index contributed by atoms with van der Waals surface area (Å²) in [6, 6.07) is 15.0. The Morgan fingerprint density at radius 3 is 2.58 bits per heavy atom. The van der Waals surface area contributed by atoms with Crippen molar-refractivity contribution in [1.82, 2.24) is 15.3 Å². The van der Waals surface area contributed by atoms with Crippen molar-refractivity contribution in [1.29, 1.82) is 0 Å². The minimum Gasteiger partial charge on any atom is -0.454 e. The zero-order chi connectivity index (χ0) is 17.8. The number of rotatable bonds is 5. The molecule has 0 saturated heterocycles. The van der Waals surface area contributed by atoms with E-state index < -0.39 is 0 Å². The van der Waals surface area contributed by atoms with Crippen LogP contribution in [0.4, 0.5) is 0 Å². The van der Waals surface area contributed by atoms with Crippen molar-refractivity contribution < 1.29 is 14.3 Å². The number of nitrogens with one attached hydrogen (secondary N) is 1. The Balaban J connectivity index is 1.32. The van der Waals surface area contributed by atoms with E-state index in [9.17, 15) is 4.79 Å². The summed E-state index contributed by atoms with van der Waals surface area (Å²) in [5.41, 5.74) is 2.50. The minimum atomic E-state index is -0.148. The van der Waals surface area contributed by atoms with Gasteiger partial charge in [-0.1, -0.05) is 30.3 Å². The molecule has 26 heavy (non-hydrogen) atoms. The molecule has 0 fully saturated rings. The predicted molar refractivity (Wildman–Crippen MR) is 96.1 cm³/mol. The maximum absolute atomic E-state index is 12.2. The smallest absolute Gasteiger partial charge is 0.251 e. The molecule has 2 heterocycles. The lowest BCUT2D eigenvalue weighted by molar-refractivity contribution is 0.0953. The molecule has 3 aromatic rings. The maximum atomic E-state index is 12.2. The van der Waals surface area contributed by atoms with Gasteiger partial charge in [0.1, 0.15) is 0 Å². The molecule has 1 aliphatic heterocycles. The van der Waals surface area contributed by atoms with E-state index in [1.54, 1.807) is 30.6 Å². The third-order valence-electron chi connectivity index (χ3n) is 4.07. The molecule has 0 atom stereocenters. The Morgan fingerprint density at radius 1 is 1.00 bits per heavy atom. The van der Waals surface area contributed by atoms with Gasteiger partial charge in [-0.2, -0.15) is 0 Å². The van der Waals surface area contributed by atoms with Crippen molar-refractivity contribution in [2.45, 2.75) is 6.42 Å². The Labute approximate surface area is 150 Å². The van der Waals surface area contributed by atoms with Crippen LogP contribution in [0.1, 0.15) is 15.9 Å². The van der Waals surface area contributed by atoms with Gasteiger partial charge in [-0.3, -0.25) is 4.79 Å². The third kappa shape index (κ3) is 3.49. The number of benzene rings is 2. The van der Waals surface area contributed by atoms with Crippen molar-refractivity contribution in [3.05, 3.63) is 72.1 Å². The second-order valence-corrected chi connectivity index (χ2v) is 5.85. The fraction of sp³-hybridized carbons (Fsp3) is 0.150. The van der Waals surface area contributed by atoms with Crippen LogP contribution in [0.2, 0.25) is 0 Å². The first-order chi connectivity index (χ1) is 12.8. The molecule has 4 rings (SSSR count). The Kier molecular flexibility index (Phi) is 4.47. The first-order valence-electron chi connectivity index (χ1n) is 8.34.